The van der Waals surface area contributed by atoms with E-state index in [-0.39, 0.29) is 17.5 Å². The fourth-order valence-corrected chi connectivity index (χ4v) is 2.24. The van der Waals surface area contributed by atoms with Crippen molar-refractivity contribution in [3.8, 4) is 0 Å². The van der Waals surface area contributed by atoms with E-state index in [1.807, 2.05) is 6.92 Å². The van der Waals surface area contributed by atoms with E-state index in [1.165, 1.54) is 0 Å². The topological polar surface area (TPSA) is 41.1 Å². The summed E-state index contributed by atoms with van der Waals surface area (Å²) in [5, 5.41) is 6.37. The highest BCUT2D eigenvalue weighted by atomic mass is 16.2. The molecule has 2 N–H and O–H groups in total. The maximum atomic E-state index is 12.0. The zero-order chi connectivity index (χ0) is 11.5. The second-order valence-electron chi connectivity index (χ2n) is 5.37. The van der Waals surface area contributed by atoms with Gasteiger partial charge >= 0.3 is 0 Å². The standard InChI is InChI=1S/C12H24N2O/c1-9(2)8-10(3)14-11(15)12(4)6-5-7-13-12/h9-10,13H,5-8H2,1-4H3,(H,14,15)/t10-,12-/m1/s1. The van der Waals surface area contributed by atoms with Gasteiger partial charge in [0, 0.05) is 6.04 Å². The molecule has 0 aromatic carbocycles. The molecular formula is C12H24N2O. The molecule has 0 radical (unpaired) electrons. The summed E-state index contributed by atoms with van der Waals surface area (Å²) in [5.41, 5.74) is -0.328. The van der Waals surface area contributed by atoms with Gasteiger partial charge in [-0.05, 0) is 45.6 Å². The van der Waals surface area contributed by atoms with Crippen LogP contribution in [0.15, 0.2) is 0 Å². The highest BCUT2D eigenvalue weighted by molar-refractivity contribution is 5.86. The lowest BCUT2D eigenvalue weighted by atomic mass is 9.98. The minimum atomic E-state index is -0.328. The molecule has 88 valence electrons. The fraction of sp³-hybridized carbons (Fsp3) is 0.917. The van der Waals surface area contributed by atoms with Crippen molar-refractivity contribution < 1.29 is 4.79 Å². The summed E-state index contributed by atoms with van der Waals surface area (Å²) in [6.07, 6.45) is 3.09. The summed E-state index contributed by atoms with van der Waals surface area (Å²) in [6.45, 7) is 9.40. The SMILES string of the molecule is CC(C)C[C@@H](C)NC(=O)[C@@]1(C)CCCN1. The molecule has 1 aliphatic heterocycles. The first-order chi connectivity index (χ1) is 6.94. The molecule has 0 spiro atoms. The summed E-state index contributed by atoms with van der Waals surface area (Å²) in [6, 6.07) is 0.275. The molecule has 2 atom stereocenters. The second-order valence-corrected chi connectivity index (χ2v) is 5.37. The molecule has 0 unspecified atom stereocenters. The Balaban J connectivity index is 2.40. The van der Waals surface area contributed by atoms with Crippen LogP contribution in [0.4, 0.5) is 0 Å². The van der Waals surface area contributed by atoms with Gasteiger partial charge in [0.2, 0.25) is 5.91 Å². The van der Waals surface area contributed by atoms with Crippen LogP contribution in [0.25, 0.3) is 0 Å². The molecular weight excluding hydrogens is 188 g/mol. The molecule has 0 bridgehead atoms. The Morgan fingerprint density at radius 2 is 2.13 bits per heavy atom. The molecule has 15 heavy (non-hydrogen) atoms. The molecule has 1 heterocycles. The van der Waals surface area contributed by atoms with Gasteiger partial charge in [0.25, 0.3) is 0 Å². The van der Waals surface area contributed by atoms with Crippen molar-refractivity contribution >= 4 is 5.91 Å². The van der Waals surface area contributed by atoms with Gasteiger partial charge in [-0.25, -0.2) is 0 Å². The lowest BCUT2D eigenvalue weighted by Gasteiger charge is -2.26. The van der Waals surface area contributed by atoms with Crippen molar-refractivity contribution in [3.05, 3.63) is 0 Å². The van der Waals surface area contributed by atoms with Crippen molar-refractivity contribution in [3.63, 3.8) is 0 Å². The van der Waals surface area contributed by atoms with Gasteiger partial charge in [-0.2, -0.15) is 0 Å². The van der Waals surface area contributed by atoms with Crippen molar-refractivity contribution in [2.75, 3.05) is 6.54 Å². The van der Waals surface area contributed by atoms with E-state index in [0.29, 0.717) is 5.92 Å². The Bertz CT molecular complexity index is 220. The van der Waals surface area contributed by atoms with Gasteiger partial charge in [-0.1, -0.05) is 13.8 Å². The first kappa shape index (κ1) is 12.5. The van der Waals surface area contributed by atoms with E-state index < -0.39 is 0 Å². The average Bonchev–Trinajstić information content (AvgIpc) is 2.51. The first-order valence-corrected chi connectivity index (χ1v) is 6.00. The van der Waals surface area contributed by atoms with Crippen molar-refractivity contribution in [1.82, 2.24) is 10.6 Å². The third-order valence-corrected chi connectivity index (χ3v) is 3.07. The van der Waals surface area contributed by atoms with Crippen molar-refractivity contribution in [2.24, 2.45) is 5.92 Å². The van der Waals surface area contributed by atoms with Gasteiger partial charge < -0.3 is 10.6 Å². The molecule has 1 rings (SSSR count). The van der Waals surface area contributed by atoms with Crippen LogP contribution in [0.5, 0.6) is 0 Å². The summed E-state index contributed by atoms with van der Waals surface area (Å²) >= 11 is 0. The van der Waals surface area contributed by atoms with Crippen LogP contribution in [-0.2, 0) is 4.79 Å². The third kappa shape index (κ3) is 3.49. The van der Waals surface area contributed by atoms with Crippen molar-refractivity contribution in [1.29, 1.82) is 0 Å². The fourth-order valence-electron chi connectivity index (χ4n) is 2.24. The van der Waals surface area contributed by atoms with Crippen LogP contribution in [0.1, 0.15) is 47.0 Å². The predicted octanol–water partition coefficient (Wildman–Crippen LogP) is 1.68. The largest absolute Gasteiger partial charge is 0.352 e. The molecule has 0 aromatic rings. The quantitative estimate of drug-likeness (QED) is 0.744. The molecule has 1 saturated heterocycles. The second kappa shape index (κ2) is 4.97. The van der Waals surface area contributed by atoms with E-state index in [4.69, 9.17) is 0 Å². The lowest BCUT2D eigenvalue weighted by Crippen LogP contribution is -2.53. The van der Waals surface area contributed by atoms with E-state index >= 15 is 0 Å². The lowest BCUT2D eigenvalue weighted by molar-refractivity contribution is -0.127. The summed E-state index contributed by atoms with van der Waals surface area (Å²) in [4.78, 5) is 12.0. The molecule has 3 nitrogen and oxygen atoms in total. The summed E-state index contributed by atoms with van der Waals surface area (Å²) < 4.78 is 0. The zero-order valence-corrected chi connectivity index (χ0v) is 10.4. The maximum absolute atomic E-state index is 12.0. The van der Waals surface area contributed by atoms with E-state index in [9.17, 15) is 4.79 Å². The van der Waals surface area contributed by atoms with Crippen LogP contribution in [0.3, 0.4) is 0 Å². The van der Waals surface area contributed by atoms with Gasteiger partial charge in [-0.15, -0.1) is 0 Å². The number of rotatable bonds is 4. The molecule has 0 aliphatic carbocycles. The number of hydrogen-bond donors (Lipinski definition) is 2. The predicted molar refractivity (Wildman–Crippen MR) is 62.7 cm³/mol. The first-order valence-electron chi connectivity index (χ1n) is 6.00. The Morgan fingerprint density at radius 1 is 1.47 bits per heavy atom. The molecule has 0 aromatic heterocycles. The van der Waals surface area contributed by atoms with Crippen LogP contribution < -0.4 is 10.6 Å². The van der Waals surface area contributed by atoms with E-state index in [1.54, 1.807) is 0 Å². The number of hydrogen-bond acceptors (Lipinski definition) is 2. The molecule has 1 aliphatic rings. The Hall–Kier alpha value is -0.570. The summed E-state index contributed by atoms with van der Waals surface area (Å²) in [7, 11) is 0. The molecule has 0 saturated carbocycles. The van der Waals surface area contributed by atoms with Gasteiger partial charge in [-0.3, -0.25) is 4.79 Å². The number of carbonyl (C=O) groups excluding carboxylic acids is 1. The Morgan fingerprint density at radius 3 is 2.60 bits per heavy atom. The third-order valence-electron chi connectivity index (χ3n) is 3.07. The smallest absolute Gasteiger partial charge is 0.240 e. The number of carbonyl (C=O) groups is 1. The minimum Gasteiger partial charge on any atom is -0.352 e. The van der Waals surface area contributed by atoms with Crippen LogP contribution in [0.2, 0.25) is 0 Å². The summed E-state index contributed by atoms with van der Waals surface area (Å²) in [5.74, 6) is 0.790. The maximum Gasteiger partial charge on any atom is 0.240 e. The van der Waals surface area contributed by atoms with Crippen LogP contribution in [0, 0.1) is 5.92 Å². The normalized spacial score (nSPS) is 28.1. The molecule has 1 fully saturated rings. The zero-order valence-electron chi connectivity index (χ0n) is 10.4. The van der Waals surface area contributed by atoms with Gasteiger partial charge in [0.1, 0.15) is 0 Å². The molecule has 3 heteroatoms. The Kier molecular flexibility index (Phi) is 4.14. The number of nitrogens with one attached hydrogen (secondary N) is 2. The average molecular weight is 212 g/mol. The van der Waals surface area contributed by atoms with E-state index in [2.05, 4.69) is 31.4 Å². The highest BCUT2D eigenvalue weighted by Gasteiger charge is 2.36. The van der Waals surface area contributed by atoms with Crippen LogP contribution >= 0.6 is 0 Å². The van der Waals surface area contributed by atoms with Gasteiger partial charge in [0.05, 0.1) is 5.54 Å². The van der Waals surface area contributed by atoms with Gasteiger partial charge in [0.15, 0.2) is 0 Å². The monoisotopic (exact) mass is 212 g/mol. The Labute approximate surface area is 93.0 Å². The van der Waals surface area contributed by atoms with Crippen LogP contribution in [-0.4, -0.2) is 24.0 Å². The highest BCUT2D eigenvalue weighted by Crippen LogP contribution is 2.19. The van der Waals surface area contributed by atoms with Crippen molar-refractivity contribution in [2.45, 2.75) is 58.5 Å². The molecule has 1 amide bonds. The van der Waals surface area contributed by atoms with E-state index in [0.717, 1.165) is 25.8 Å². The number of amides is 1. The minimum absolute atomic E-state index is 0.160.